The molecule has 0 bridgehead atoms. The van der Waals surface area contributed by atoms with Gasteiger partial charge in [-0.05, 0) is 25.7 Å². The van der Waals surface area contributed by atoms with Crippen LogP contribution in [0.25, 0.3) is 0 Å². The molecule has 0 saturated heterocycles. The fraction of sp³-hybridized carbons (Fsp3) is 0.444. The van der Waals surface area contributed by atoms with E-state index in [0.717, 1.165) is 6.42 Å². The molecular weight excluding hydrogens is 496 g/mol. The molecule has 0 radical (unpaired) electrons. The Morgan fingerprint density at radius 3 is 2.11 bits per heavy atom. The van der Waals surface area contributed by atoms with Crippen molar-refractivity contribution >= 4 is 29.6 Å². The van der Waals surface area contributed by atoms with Gasteiger partial charge in [-0.3, -0.25) is 14.4 Å². The Balaban J connectivity index is 4.95. The third-order valence-corrected chi connectivity index (χ3v) is 6.04. The van der Waals surface area contributed by atoms with Crippen molar-refractivity contribution in [1.82, 2.24) is 5.32 Å². The van der Waals surface area contributed by atoms with E-state index in [2.05, 4.69) is 5.32 Å². The Hall–Kier alpha value is -2.92. The monoisotopic (exact) mass is 536 g/mol. The number of aliphatic hydroxyl groups is 2. The maximum absolute atomic E-state index is 11.9. The highest BCUT2D eigenvalue weighted by molar-refractivity contribution is 8.00. The third kappa shape index (κ3) is 20.9. The Kier molecular flexibility index (Phi) is 20.5. The highest BCUT2D eigenvalue weighted by Crippen LogP contribution is 2.20. The second-order valence-corrected chi connectivity index (χ2v) is 9.16. The molecule has 4 atom stereocenters. The van der Waals surface area contributed by atoms with Crippen molar-refractivity contribution in [2.75, 3.05) is 12.3 Å². The van der Waals surface area contributed by atoms with E-state index in [9.17, 15) is 24.6 Å². The van der Waals surface area contributed by atoms with E-state index >= 15 is 0 Å². The molecule has 37 heavy (non-hydrogen) atoms. The summed E-state index contributed by atoms with van der Waals surface area (Å²) in [5, 5.41) is 39.6. The minimum Gasteiger partial charge on any atom is -0.481 e. The molecule has 0 aromatic carbocycles. The lowest BCUT2D eigenvalue weighted by atomic mass is 10.1. The summed E-state index contributed by atoms with van der Waals surface area (Å²) in [6.45, 7) is 1.51. The Labute approximate surface area is 223 Å². The number of amides is 1. The number of aliphatic carboxylic acids is 2. The van der Waals surface area contributed by atoms with Gasteiger partial charge < -0.3 is 31.5 Å². The standard InChI is InChI=1S/C27H40N2O7S/c1-2-3-9-14-21(30)15-10-6-4-5-7-12-17-24(23(31)16-11-8-13-18-25(32)33)37-20-22(28)27(36)29-19-26(34)35/h3-12,15,17,21-24,30-31H,2,13-14,16,18-20,28H2,1H3,(H,29,36)(H,32,33)(H,34,35)/b6-4-,7-5+,9-3-,11-8-,15-10+,17-12+/t21-,22-,23-,24+/m0/s1. The van der Waals surface area contributed by atoms with E-state index in [4.69, 9.17) is 15.9 Å². The summed E-state index contributed by atoms with van der Waals surface area (Å²) in [5.41, 5.74) is 5.85. The molecule has 0 spiro atoms. The summed E-state index contributed by atoms with van der Waals surface area (Å²) in [6.07, 6.45) is 22.3. The van der Waals surface area contributed by atoms with Crippen LogP contribution in [-0.4, -0.2) is 74.1 Å². The van der Waals surface area contributed by atoms with Gasteiger partial charge in [0.05, 0.1) is 18.2 Å². The zero-order valence-corrected chi connectivity index (χ0v) is 22.0. The number of carbonyl (C=O) groups excluding carboxylic acids is 1. The van der Waals surface area contributed by atoms with Gasteiger partial charge in [0, 0.05) is 17.4 Å². The first kappa shape index (κ1) is 34.1. The van der Waals surface area contributed by atoms with Crippen molar-refractivity contribution in [3.8, 4) is 0 Å². The molecule has 0 saturated carbocycles. The predicted molar refractivity (Wildman–Crippen MR) is 148 cm³/mol. The van der Waals surface area contributed by atoms with E-state index < -0.39 is 47.9 Å². The SMILES string of the molecule is CC/C=C\C[C@H](O)/C=C/C=C\C=C\C=C\[C@@H](SC[C@H](N)C(=O)NCC(=O)O)[C@@H](O)C/C=C\CCC(=O)O. The first-order valence-electron chi connectivity index (χ1n) is 12.1. The number of aliphatic hydroxyl groups excluding tert-OH is 2. The van der Waals surface area contributed by atoms with E-state index in [1.54, 1.807) is 60.8 Å². The molecule has 0 aliphatic carbocycles. The maximum atomic E-state index is 11.9. The van der Waals surface area contributed by atoms with Gasteiger partial charge in [-0.2, -0.15) is 0 Å². The van der Waals surface area contributed by atoms with Crippen LogP contribution in [0.2, 0.25) is 0 Å². The van der Waals surface area contributed by atoms with Gasteiger partial charge in [0.2, 0.25) is 5.91 Å². The molecule has 0 aliphatic rings. The summed E-state index contributed by atoms with van der Waals surface area (Å²) >= 11 is 1.26. The smallest absolute Gasteiger partial charge is 0.322 e. The maximum Gasteiger partial charge on any atom is 0.322 e. The number of carbonyl (C=O) groups is 3. The molecule has 0 heterocycles. The van der Waals surface area contributed by atoms with E-state index in [1.165, 1.54) is 11.8 Å². The lowest BCUT2D eigenvalue weighted by Gasteiger charge is -2.20. The van der Waals surface area contributed by atoms with Gasteiger partial charge in [-0.15, -0.1) is 11.8 Å². The first-order chi connectivity index (χ1) is 17.7. The largest absolute Gasteiger partial charge is 0.481 e. The van der Waals surface area contributed by atoms with Gasteiger partial charge >= 0.3 is 11.9 Å². The van der Waals surface area contributed by atoms with Gasteiger partial charge in [0.1, 0.15) is 6.54 Å². The van der Waals surface area contributed by atoms with Crippen molar-refractivity contribution < 1.29 is 34.8 Å². The lowest BCUT2D eigenvalue weighted by Crippen LogP contribution is -2.44. The zero-order chi connectivity index (χ0) is 27.9. The number of allylic oxidation sites excluding steroid dienone is 8. The molecule has 0 fully saturated rings. The van der Waals surface area contributed by atoms with Crippen LogP contribution < -0.4 is 11.1 Å². The van der Waals surface area contributed by atoms with Crippen molar-refractivity contribution in [1.29, 1.82) is 0 Å². The molecule has 7 N–H and O–H groups in total. The van der Waals surface area contributed by atoms with Crippen LogP contribution in [0.3, 0.4) is 0 Å². The van der Waals surface area contributed by atoms with Gasteiger partial charge in [0.25, 0.3) is 0 Å². The highest BCUT2D eigenvalue weighted by atomic mass is 32.2. The second-order valence-electron chi connectivity index (χ2n) is 7.95. The third-order valence-electron chi connectivity index (χ3n) is 4.64. The quantitative estimate of drug-likeness (QED) is 0.101. The minimum absolute atomic E-state index is 0.00729. The van der Waals surface area contributed by atoms with E-state index in [0.29, 0.717) is 12.8 Å². The first-order valence-corrected chi connectivity index (χ1v) is 13.1. The van der Waals surface area contributed by atoms with Crippen molar-refractivity contribution in [3.05, 3.63) is 72.9 Å². The lowest BCUT2D eigenvalue weighted by molar-refractivity contribution is -0.138. The van der Waals surface area contributed by atoms with Crippen LogP contribution in [0, 0.1) is 0 Å². The molecule has 0 rings (SSSR count). The summed E-state index contributed by atoms with van der Waals surface area (Å²) < 4.78 is 0. The number of thioether (sulfide) groups is 1. The van der Waals surface area contributed by atoms with E-state index in [-0.39, 0.29) is 18.6 Å². The number of carboxylic acids is 2. The number of nitrogens with one attached hydrogen (secondary N) is 1. The fourth-order valence-electron chi connectivity index (χ4n) is 2.68. The van der Waals surface area contributed by atoms with Crippen LogP contribution in [0.5, 0.6) is 0 Å². The van der Waals surface area contributed by atoms with Gasteiger partial charge in [-0.1, -0.05) is 79.8 Å². The Morgan fingerprint density at radius 1 is 0.865 bits per heavy atom. The second kappa shape index (κ2) is 22.3. The Morgan fingerprint density at radius 2 is 1.49 bits per heavy atom. The van der Waals surface area contributed by atoms with Crippen molar-refractivity contribution in [3.63, 3.8) is 0 Å². The molecule has 0 aromatic rings. The molecule has 9 nitrogen and oxygen atoms in total. The topological polar surface area (TPSA) is 170 Å². The summed E-state index contributed by atoms with van der Waals surface area (Å²) in [5.74, 6) is -2.50. The van der Waals surface area contributed by atoms with Gasteiger partial charge in [0.15, 0.2) is 0 Å². The average molecular weight is 537 g/mol. The minimum atomic E-state index is -1.17. The highest BCUT2D eigenvalue weighted by Gasteiger charge is 2.20. The fourth-order valence-corrected chi connectivity index (χ4v) is 3.79. The van der Waals surface area contributed by atoms with E-state index in [1.807, 2.05) is 19.1 Å². The summed E-state index contributed by atoms with van der Waals surface area (Å²) in [6, 6.07) is -0.948. The number of nitrogens with two attached hydrogens (primary N) is 1. The van der Waals surface area contributed by atoms with Crippen LogP contribution in [0.15, 0.2) is 72.9 Å². The molecule has 0 aliphatic heterocycles. The molecule has 1 amide bonds. The number of carboxylic acid groups (broad SMARTS) is 2. The Bertz CT molecular complexity index is 850. The normalized spacial score (nSPS) is 15.9. The molecular formula is C27H40N2O7S. The molecule has 0 aromatic heterocycles. The number of hydrogen-bond acceptors (Lipinski definition) is 7. The van der Waals surface area contributed by atoms with Crippen LogP contribution >= 0.6 is 11.8 Å². The zero-order valence-electron chi connectivity index (χ0n) is 21.2. The van der Waals surface area contributed by atoms with Crippen molar-refractivity contribution in [2.45, 2.75) is 62.5 Å². The average Bonchev–Trinajstić information content (AvgIpc) is 2.85. The van der Waals surface area contributed by atoms with Gasteiger partial charge in [-0.25, -0.2) is 0 Å². The van der Waals surface area contributed by atoms with Crippen LogP contribution in [-0.2, 0) is 14.4 Å². The molecule has 0 unspecified atom stereocenters. The van der Waals surface area contributed by atoms with Crippen molar-refractivity contribution in [2.24, 2.45) is 5.73 Å². The molecule has 206 valence electrons. The predicted octanol–water partition coefficient (Wildman–Crippen LogP) is 2.73. The number of hydrogen-bond donors (Lipinski definition) is 6. The van der Waals surface area contributed by atoms with Crippen LogP contribution in [0.1, 0.15) is 39.0 Å². The summed E-state index contributed by atoms with van der Waals surface area (Å²) in [4.78, 5) is 33.1. The number of rotatable bonds is 20. The molecule has 10 heteroatoms. The van der Waals surface area contributed by atoms with Crippen LogP contribution in [0.4, 0.5) is 0 Å². The summed E-state index contributed by atoms with van der Waals surface area (Å²) in [7, 11) is 0.